The van der Waals surface area contributed by atoms with Crippen LogP contribution in [0.5, 0.6) is 0 Å². The van der Waals surface area contributed by atoms with Crippen molar-refractivity contribution in [3.63, 3.8) is 0 Å². The molecule has 1 heterocycles. The molecule has 3 rings (SSSR count). The predicted molar refractivity (Wildman–Crippen MR) is 142 cm³/mol. The fourth-order valence-electron chi connectivity index (χ4n) is 4.26. The molecule has 1 aliphatic carbocycles. The SMILES string of the molecule is C\C=C/C(=N/C(=C/CC)C1CCC(c2cc(Nc3cc(C[NH-])[c-]cc3F)n[nH]2)C1)C(C)(C)C.[CH3-].[W]. The summed E-state index contributed by atoms with van der Waals surface area (Å²) in [5.74, 6) is 0.964. The Bertz CT molecular complexity index is 1030. The zero-order chi connectivity index (χ0) is 24.0. The van der Waals surface area contributed by atoms with E-state index in [9.17, 15) is 4.39 Å². The third-order valence-electron chi connectivity index (χ3n) is 6.06. The van der Waals surface area contributed by atoms with Crippen molar-refractivity contribution in [3.8, 4) is 0 Å². The summed E-state index contributed by atoms with van der Waals surface area (Å²) in [6.07, 6.45) is 10.6. The molecule has 2 aromatic rings. The van der Waals surface area contributed by atoms with Gasteiger partial charge in [0.1, 0.15) is 0 Å². The number of aromatic nitrogens is 2. The number of hydrogen-bond donors (Lipinski definition) is 2. The van der Waals surface area contributed by atoms with E-state index in [2.05, 4.69) is 67.5 Å². The first-order chi connectivity index (χ1) is 15.7. The zero-order valence-corrected chi connectivity index (χ0v) is 24.8. The smallest absolute Gasteiger partial charge is 0.150 e. The number of rotatable bonds is 8. The van der Waals surface area contributed by atoms with E-state index in [1.54, 1.807) is 6.07 Å². The molecule has 0 radical (unpaired) electrons. The van der Waals surface area contributed by atoms with E-state index in [0.717, 1.165) is 37.1 Å². The summed E-state index contributed by atoms with van der Waals surface area (Å²) < 4.78 is 14.1. The van der Waals surface area contributed by atoms with Gasteiger partial charge in [0.25, 0.3) is 0 Å². The molecule has 0 saturated heterocycles. The molecule has 7 heteroatoms. The van der Waals surface area contributed by atoms with Gasteiger partial charge in [-0.3, -0.25) is 14.5 Å². The predicted octanol–water partition coefficient (Wildman–Crippen LogP) is 8.33. The van der Waals surface area contributed by atoms with Crippen molar-refractivity contribution >= 4 is 17.2 Å². The number of aromatic amines is 1. The largest absolute Gasteiger partial charge is 0.675 e. The average Bonchev–Trinajstić information content (AvgIpc) is 3.43. The van der Waals surface area contributed by atoms with Crippen molar-refractivity contribution in [1.29, 1.82) is 0 Å². The van der Waals surface area contributed by atoms with Crippen molar-refractivity contribution in [2.24, 2.45) is 16.3 Å². The Hall–Kier alpha value is -2.04. The van der Waals surface area contributed by atoms with Gasteiger partial charge in [-0.15, -0.1) is 18.7 Å². The van der Waals surface area contributed by atoms with E-state index in [-0.39, 0.29) is 40.5 Å². The van der Waals surface area contributed by atoms with E-state index in [0.29, 0.717) is 28.9 Å². The van der Waals surface area contributed by atoms with Crippen LogP contribution in [-0.4, -0.2) is 15.9 Å². The molecular formula is C28H39FN5W-3. The minimum Gasteiger partial charge on any atom is -0.675 e. The molecule has 1 aromatic carbocycles. The molecule has 3 N–H and O–H groups in total. The maximum absolute atomic E-state index is 14.1. The second-order valence-electron chi connectivity index (χ2n) is 9.72. The Morgan fingerprint density at radius 2 is 2.09 bits per heavy atom. The maximum Gasteiger partial charge on any atom is 0.150 e. The number of hydrogen-bond acceptors (Lipinski definition) is 3. The van der Waals surface area contributed by atoms with E-state index < -0.39 is 5.82 Å². The molecule has 0 amide bonds. The molecular weight excluding hydrogens is 609 g/mol. The summed E-state index contributed by atoms with van der Waals surface area (Å²) in [7, 11) is 0. The van der Waals surface area contributed by atoms with Gasteiger partial charge in [-0.1, -0.05) is 39.8 Å². The van der Waals surface area contributed by atoms with E-state index in [4.69, 9.17) is 10.7 Å². The van der Waals surface area contributed by atoms with E-state index >= 15 is 0 Å². The summed E-state index contributed by atoms with van der Waals surface area (Å²) in [4.78, 5) is 5.12. The summed E-state index contributed by atoms with van der Waals surface area (Å²) in [6.45, 7) is 10.9. The van der Waals surface area contributed by atoms with Crippen LogP contribution in [0.4, 0.5) is 15.9 Å². The second kappa shape index (κ2) is 13.9. The van der Waals surface area contributed by atoms with Crippen molar-refractivity contribution in [2.75, 3.05) is 5.32 Å². The van der Waals surface area contributed by atoms with Crippen LogP contribution in [0.25, 0.3) is 5.73 Å². The number of aliphatic imine (C=N–C) groups is 1. The first-order valence-corrected chi connectivity index (χ1v) is 11.8. The Kier molecular flexibility index (Phi) is 12.3. The average molecular weight is 648 g/mol. The summed E-state index contributed by atoms with van der Waals surface area (Å²) in [5, 5.41) is 10.5. The molecule has 5 nitrogen and oxygen atoms in total. The van der Waals surface area contributed by atoms with Gasteiger partial charge >= 0.3 is 0 Å². The Morgan fingerprint density at radius 1 is 1.34 bits per heavy atom. The molecule has 2 unspecified atom stereocenters. The number of anilines is 2. The Morgan fingerprint density at radius 3 is 2.71 bits per heavy atom. The minimum atomic E-state index is -0.402. The Balaban J connectivity index is 0.00000306. The molecule has 1 aliphatic rings. The summed E-state index contributed by atoms with van der Waals surface area (Å²) in [5.41, 5.74) is 11.8. The first-order valence-electron chi connectivity index (χ1n) is 11.8. The second-order valence-corrected chi connectivity index (χ2v) is 9.72. The summed E-state index contributed by atoms with van der Waals surface area (Å²) >= 11 is 0. The van der Waals surface area contributed by atoms with Crippen molar-refractivity contribution in [2.45, 2.75) is 72.8 Å². The minimum absolute atomic E-state index is 0. The van der Waals surface area contributed by atoms with Crippen LogP contribution < -0.4 is 5.32 Å². The van der Waals surface area contributed by atoms with Gasteiger partial charge in [-0.05, 0) is 44.4 Å². The van der Waals surface area contributed by atoms with Gasteiger partial charge < -0.3 is 18.5 Å². The zero-order valence-electron chi connectivity index (χ0n) is 21.8. The number of H-pyrrole nitrogens is 1. The maximum atomic E-state index is 14.1. The molecule has 1 fully saturated rings. The van der Waals surface area contributed by atoms with Gasteiger partial charge in [0.15, 0.2) is 5.82 Å². The van der Waals surface area contributed by atoms with Crippen molar-refractivity contribution in [3.05, 3.63) is 78.4 Å². The quantitative estimate of drug-likeness (QED) is 0.223. The standard InChI is InChI=1S/C27H36FN5.CH3.W/c1-6-8-22(30-25(9-7-2)27(3,4)5)19-11-12-20(15-19)23-16-26(33-32-23)31-24-14-18(17-29)10-13-21(24)28;;/h7-9,13-14,16,19-20,29H,6,11-12,15,17H2,1-5H3,(H2,31,32,33);1H3;/q-2;-1;/b9-7-,22-8+,30-25-;;. The molecule has 35 heavy (non-hydrogen) atoms. The normalized spacial score (nSPS) is 18.9. The molecule has 192 valence electrons. The number of nitrogens with one attached hydrogen (secondary N) is 3. The molecule has 1 saturated carbocycles. The van der Waals surface area contributed by atoms with Crippen molar-refractivity contribution < 1.29 is 25.5 Å². The number of halogens is 1. The molecule has 0 bridgehead atoms. The van der Waals surface area contributed by atoms with Gasteiger partial charge in [-0.25, -0.2) is 0 Å². The summed E-state index contributed by atoms with van der Waals surface area (Å²) in [6, 6.07) is 7.61. The molecule has 0 spiro atoms. The van der Waals surface area contributed by atoms with E-state index in [1.807, 2.05) is 13.0 Å². The topological polar surface area (TPSA) is 76.9 Å². The van der Waals surface area contributed by atoms with Crippen LogP contribution in [-0.2, 0) is 27.6 Å². The first kappa shape index (κ1) is 31.0. The van der Waals surface area contributed by atoms with Gasteiger partial charge in [0, 0.05) is 67.3 Å². The van der Waals surface area contributed by atoms with Crippen molar-refractivity contribution in [1.82, 2.24) is 10.2 Å². The molecule has 1 aromatic heterocycles. The molecule has 2 atom stereocenters. The van der Waals surface area contributed by atoms with Gasteiger partial charge in [0.2, 0.25) is 0 Å². The van der Waals surface area contributed by atoms with Crippen LogP contribution in [0.15, 0.2) is 47.1 Å². The van der Waals surface area contributed by atoms with Crippen LogP contribution in [0.2, 0.25) is 0 Å². The third-order valence-corrected chi connectivity index (χ3v) is 6.06. The van der Waals surface area contributed by atoms with Gasteiger partial charge in [-0.2, -0.15) is 16.7 Å². The van der Waals surface area contributed by atoms with Crippen LogP contribution >= 0.6 is 0 Å². The van der Waals surface area contributed by atoms with Crippen LogP contribution in [0.1, 0.15) is 77.5 Å². The van der Waals surface area contributed by atoms with E-state index in [1.165, 1.54) is 11.8 Å². The fraction of sp³-hybridized carbons (Fsp3) is 0.464. The number of nitrogens with zero attached hydrogens (tertiary/aromatic N) is 2. The fourth-order valence-corrected chi connectivity index (χ4v) is 4.26. The Labute approximate surface area is 225 Å². The van der Waals surface area contributed by atoms with Crippen LogP contribution in [0, 0.1) is 30.6 Å². The number of benzene rings is 1. The molecule has 0 aliphatic heterocycles. The number of allylic oxidation sites excluding steroid dienone is 4. The van der Waals surface area contributed by atoms with Crippen LogP contribution in [0.3, 0.4) is 0 Å². The van der Waals surface area contributed by atoms with Gasteiger partial charge in [0.05, 0.1) is 0 Å². The third kappa shape index (κ3) is 8.25. The monoisotopic (exact) mass is 648 g/mol.